The summed E-state index contributed by atoms with van der Waals surface area (Å²) >= 11 is 1.47. The Morgan fingerprint density at radius 3 is 2.51 bits per heavy atom. The molecule has 1 fully saturated rings. The van der Waals surface area contributed by atoms with Gasteiger partial charge >= 0.3 is 5.97 Å². The summed E-state index contributed by atoms with van der Waals surface area (Å²) in [6, 6.07) is 16.8. The van der Waals surface area contributed by atoms with Gasteiger partial charge in [0.15, 0.2) is 5.17 Å². The Bertz CT molecular complexity index is 1280. The minimum Gasteiger partial charge on any atom is -0.497 e. The third-order valence-corrected chi connectivity index (χ3v) is 7.96. The highest BCUT2D eigenvalue weighted by Crippen LogP contribution is 2.47. The van der Waals surface area contributed by atoms with E-state index in [2.05, 4.69) is 10.2 Å². The van der Waals surface area contributed by atoms with Crippen LogP contribution in [0.4, 0.5) is 0 Å². The number of fused-ring (bicyclic) bond motifs is 1. The van der Waals surface area contributed by atoms with E-state index in [4.69, 9.17) is 14.5 Å². The number of nitrogens with zero attached hydrogens (tertiary/aromatic N) is 3. The molecule has 1 unspecified atom stereocenters. The largest absolute Gasteiger partial charge is 0.497 e. The maximum atomic E-state index is 13.6. The number of thioether (sulfide) groups is 1. The maximum absolute atomic E-state index is 13.6. The van der Waals surface area contributed by atoms with Gasteiger partial charge in [0.05, 0.1) is 37.4 Å². The summed E-state index contributed by atoms with van der Waals surface area (Å²) in [6.07, 6.45) is 2.64. The summed E-state index contributed by atoms with van der Waals surface area (Å²) in [5.41, 5.74) is 3.53. The third-order valence-electron chi connectivity index (χ3n) is 7.07. The van der Waals surface area contributed by atoms with E-state index in [1.54, 1.807) is 14.0 Å². The van der Waals surface area contributed by atoms with Crippen LogP contribution in [-0.4, -0.2) is 66.7 Å². The number of benzene rings is 2. The molecule has 8 nitrogen and oxygen atoms in total. The molecule has 3 aliphatic heterocycles. The number of hydrogen-bond acceptors (Lipinski definition) is 8. The SMILES string of the molecule is CCOC(=O)C1=C(c2ccccc2)N=C2SC=C(CC(=O)NCCN3CCCC3)N2C1c1ccc(OC)cc1. The number of aliphatic imine (C=N–C) groups is 1. The van der Waals surface area contributed by atoms with Gasteiger partial charge in [-0.15, -0.1) is 0 Å². The Balaban J connectivity index is 1.48. The van der Waals surface area contributed by atoms with Crippen molar-refractivity contribution < 1.29 is 19.1 Å². The van der Waals surface area contributed by atoms with Gasteiger partial charge in [0, 0.05) is 24.4 Å². The first-order valence-corrected chi connectivity index (χ1v) is 14.3. The molecule has 1 N–H and O–H groups in total. The lowest BCUT2D eigenvalue weighted by atomic mass is 9.91. The third kappa shape index (κ3) is 6.04. The van der Waals surface area contributed by atoms with Crippen molar-refractivity contribution >= 4 is 34.5 Å². The summed E-state index contributed by atoms with van der Waals surface area (Å²) in [6.45, 7) is 5.72. The highest BCUT2D eigenvalue weighted by Gasteiger charge is 2.42. The number of ether oxygens (including phenoxy) is 2. The fourth-order valence-electron chi connectivity index (χ4n) is 5.18. The second kappa shape index (κ2) is 12.5. The van der Waals surface area contributed by atoms with Gasteiger partial charge in [0.1, 0.15) is 5.75 Å². The smallest absolute Gasteiger partial charge is 0.338 e. The van der Waals surface area contributed by atoms with E-state index in [1.807, 2.05) is 64.9 Å². The van der Waals surface area contributed by atoms with E-state index < -0.39 is 12.0 Å². The van der Waals surface area contributed by atoms with Gasteiger partial charge in [-0.25, -0.2) is 9.79 Å². The molecule has 0 bridgehead atoms. The van der Waals surface area contributed by atoms with E-state index in [0.29, 0.717) is 17.8 Å². The number of likely N-dealkylation sites (tertiary alicyclic amines) is 1. The zero-order chi connectivity index (χ0) is 27.2. The predicted molar refractivity (Wildman–Crippen MR) is 154 cm³/mol. The molecule has 3 heterocycles. The molecular formula is C30H34N4O4S. The number of amides is 1. The van der Waals surface area contributed by atoms with E-state index in [0.717, 1.165) is 47.4 Å². The van der Waals surface area contributed by atoms with Gasteiger partial charge in [-0.2, -0.15) is 0 Å². The summed E-state index contributed by atoms with van der Waals surface area (Å²) < 4.78 is 11.0. The van der Waals surface area contributed by atoms with Crippen LogP contribution < -0.4 is 10.1 Å². The molecular weight excluding hydrogens is 512 g/mol. The number of esters is 1. The van der Waals surface area contributed by atoms with Crippen molar-refractivity contribution in [2.75, 3.05) is 39.9 Å². The summed E-state index contributed by atoms with van der Waals surface area (Å²) in [5, 5.41) is 5.76. The van der Waals surface area contributed by atoms with Crippen LogP contribution in [0.1, 0.15) is 43.4 Å². The standard InChI is InChI=1S/C30H34N4O4S/c1-3-38-29(36)26-27(21-9-5-4-6-10-21)32-30-34(28(26)22-11-13-24(37-2)14-12-22)23(20-39-30)19-25(35)31-15-18-33-16-7-8-17-33/h4-6,9-14,20,28H,3,7-8,15-19H2,1-2H3,(H,31,35). The van der Waals surface area contributed by atoms with Crippen LogP contribution in [0.5, 0.6) is 5.75 Å². The maximum Gasteiger partial charge on any atom is 0.338 e. The molecule has 0 aromatic heterocycles. The number of hydrogen-bond donors (Lipinski definition) is 1. The first-order chi connectivity index (χ1) is 19.1. The fourth-order valence-corrected chi connectivity index (χ4v) is 6.10. The van der Waals surface area contributed by atoms with Crippen molar-refractivity contribution in [3.05, 3.63) is 82.4 Å². The Labute approximate surface area is 233 Å². The molecule has 3 aliphatic rings. The molecule has 2 aromatic carbocycles. The average Bonchev–Trinajstić information content (AvgIpc) is 3.63. The molecule has 0 radical (unpaired) electrons. The van der Waals surface area contributed by atoms with Crippen LogP contribution >= 0.6 is 11.8 Å². The lowest BCUT2D eigenvalue weighted by molar-refractivity contribution is -0.139. The lowest BCUT2D eigenvalue weighted by Gasteiger charge is -2.36. The summed E-state index contributed by atoms with van der Waals surface area (Å²) in [7, 11) is 1.62. The first kappa shape index (κ1) is 27.0. The van der Waals surface area contributed by atoms with Gasteiger partial charge in [0.2, 0.25) is 5.91 Å². The molecule has 2 aromatic rings. The monoisotopic (exact) mass is 546 g/mol. The fraction of sp³-hybridized carbons (Fsp3) is 0.367. The van der Waals surface area contributed by atoms with Crippen molar-refractivity contribution in [1.29, 1.82) is 0 Å². The van der Waals surface area contributed by atoms with Gasteiger partial charge < -0.3 is 24.6 Å². The second-order valence-corrected chi connectivity index (χ2v) is 10.4. The average molecular weight is 547 g/mol. The van der Waals surface area contributed by atoms with Crippen LogP contribution in [0.15, 0.2) is 76.3 Å². The second-order valence-electron chi connectivity index (χ2n) is 9.59. The van der Waals surface area contributed by atoms with Gasteiger partial charge in [-0.05, 0) is 56.0 Å². The Morgan fingerprint density at radius 1 is 1.08 bits per heavy atom. The first-order valence-electron chi connectivity index (χ1n) is 13.4. The molecule has 204 valence electrons. The van der Waals surface area contributed by atoms with Crippen LogP contribution in [-0.2, 0) is 14.3 Å². The van der Waals surface area contributed by atoms with Crippen molar-refractivity contribution in [2.45, 2.75) is 32.2 Å². The molecule has 39 heavy (non-hydrogen) atoms. The van der Waals surface area contributed by atoms with Crippen LogP contribution in [0.3, 0.4) is 0 Å². The number of methoxy groups -OCH3 is 1. The van der Waals surface area contributed by atoms with Crippen LogP contribution in [0.25, 0.3) is 5.70 Å². The summed E-state index contributed by atoms with van der Waals surface area (Å²) in [4.78, 5) is 35.9. The number of amidine groups is 1. The number of carbonyl (C=O) groups is 2. The van der Waals surface area contributed by atoms with Gasteiger partial charge in [-0.1, -0.05) is 54.2 Å². The molecule has 1 amide bonds. The topological polar surface area (TPSA) is 83.5 Å². The molecule has 1 saturated heterocycles. The number of rotatable bonds is 10. The van der Waals surface area contributed by atoms with Crippen LogP contribution in [0.2, 0.25) is 0 Å². The molecule has 9 heteroatoms. The highest BCUT2D eigenvalue weighted by molar-refractivity contribution is 8.16. The van der Waals surface area contributed by atoms with Gasteiger partial charge in [-0.3, -0.25) is 4.79 Å². The number of nitrogens with one attached hydrogen (secondary N) is 1. The molecule has 1 atom stereocenters. The van der Waals surface area contributed by atoms with E-state index in [9.17, 15) is 9.59 Å². The summed E-state index contributed by atoms with van der Waals surface area (Å²) in [5.74, 6) is 0.245. The van der Waals surface area contributed by atoms with E-state index in [-0.39, 0.29) is 18.9 Å². The normalized spacial score (nSPS) is 18.9. The van der Waals surface area contributed by atoms with Crippen LogP contribution in [0, 0.1) is 0 Å². The molecule has 0 aliphatic carbocycles. The minimum absolute atomic E-state index is 0.0497. The van der Waals surface area contributed by atoms with Crippen molar-refractivity contribution in [3.63, 3.8) is 0 Å². The highest BCUT2D eigenvalue weighted by atomic mass is 32.2. The van der Waals surface area contributed by atoms with E-state index in [1.165, 1.54) is 24.6 Å². The molecule has 0 saturated carbocycles. The van der Waals surface area contributed by atoms with Crippen molar-refractivity contribution in [2.24, 2.45) is 4.99 Å². The zero-order valence-corrected chi connectivity index (χ0v) is 23.2. The quantitative estimate of drug-likeness (QED) is 0.437. The Morgan fingerprint density at radius 2 is 1.82 bits per heavy atom. The molecule has 5 rings (SSSR count). The lowest BCUT2D eigenvalue weighted by Crippen LogP contribution is -2.39. The van der Waals surface area contributed by atoms with Crippen molar-refractivity contribution in [3.8, 4) is 5.75 Å². The molecule has 0 spiro atoms. The van der Waals surface area contributed by atoms with E-state index >= 15 is 0 Å². The Kier molecular flexibility index (Phi) is 8.68. The predicted octanol–water partition coefficient (Wildman–Crippen LogP) is 4.57. The van der Waals surface area contributed by atoms with Gasteiger partial charge in [0.25, 0.3) is 0 Å². The van der Waals surface area contributed by atoms with Crippen molar-refractivity contribution in [1.82, 2.24) is 15.1 Å². The minimum atomic E-state index is -0.517. The number of carbonyl (C=O) groups excluding carboxylic acids is 2. The zero-order valence-electron chi connectivity index (χ0n) is 22.4. The Hall–Kier alpha value is -3.56.